The number of amides is 1. The van der Waals surface area contributed by atoms with E-state index in [9.17, 15) is 14.3 Å². The van der Waals surface area contributed by atoms with Crippen molar-refractivity contribution >= 4 is 5.91 Å². The molecular formula is C16H25FN2O2. The molecule has 0 aromatic heterocycles. The van der Waals surface area contributed by atoms with Crippen LogP contribution in [0.5, 0.6) is 0 Å². The van der Waals surface area contributed by atoms with Gasteiger partial charge in [-0.25, -0.2) is 4.39 Å². The largest absolute Gasteiger partial charge is 0.389 e. The van der Waals surface area contributed by atoms with Crippen molar-refractivity contribution in [3.8, 4) is 0 Å². The Morgan fingerprint density at radius 3 is 2.62 bits per heavy atom. The Hall–Kier alpha value is -1.46. The van der Waals surface area contributed by atoms with E-state index >= 15 is 0 Å². The van der Waals surface area contributed by atoms with Crippen molar-refractivity contribution in [3.63, 3.8) is 0 Å². The van der Waals surface area contributed by atoms with Gasteiger partial charge in [-0.05, 0) is 44.5 Å². The zero-order valence-corrected chi connectivity index (χ0v) is 13.2. The van der Waals surface area contributed by atoms with Gasteiger partial charge in [-0.2, -0.15) is 0 Å². The number of carbonyl (C=O) groups excluding carboxylic acids is 1. The molecule has 1 aromatic rings. The van der Waals surface area contributed by atoms with Crippen LogP contribution < -0.4 is 5.32 Å². The Morgan fingerprint density at radius 1 is 1.43 bits per heavy atom. The molecule has 1 rings (SSSR count). The van der Waals surface area contributed by atoms with Gasteiger partial charge in [0, 0.05) is 13.1 Å². The van der Waals surface area contributed by atoms with E-state index in [2.05, 4.69) is 5.32 Å². The van der Waals surface area contributed by atoms with Crippen molar-refractivity contribution < 1.29 is 14.3 Å². The summed E-state index contributed by atoms with van der Waals surface area (Å²) in [5.41, 5.74) is 0.608. The van der Waals surface area contributed by atoms with E-state index in [0.717, 1.165) is 5.56 Å². The van der Waals surface area contributed by atoms with Crippen LogP contribution in [0.3, 0.4) is 0 Å². The Balaban J connectivity index is 2.47. The van der Waals surface area contributed by atoms with Crippen LogP contribution in [0.4, 0.5) is 4.39 Å². The van der Waals surface area contributed by atoms with Gasteiger partial charge in [-0.1, -0.05) is 19.1 Å². The fourth-order valence-electron chi connectivity index (χ4n) is 2.10. The molecule has 0 unspecified atom stereocenters. The number of rotatable bonds is 7. The van der Waals surface area contributed by atoms with Gasteiger partial charge in [0.1, 0.15) is 5.82 Å². The maximum atomic E-state index is 13.2. The van der Waals surface area contributed by atoms with Crippen molar-refractivity contribution in [3.05, 3.63) is 35.1 Å². The van der Waals surface area contributed by atoms with E-state index in [0.29, 0.717) is 25.2 Å². The molecule has 0 saturated carbocycles. The van der Waals surface area contributed by atoms with Crippen LogP contribution in [0.2, 0.25) is 0 Å². The summed E-state index contributed by atoms with van der Waals surface area (Å²) in [4.78, 5) is 13.8. The highest BCUT2D eigenvalue weighted by molar-refractivity contribution is 5.78. The molecule has 0 aliphatic heterocycles. The number of carbonyl (C=O) groups is 1. The van der Waals surface area contributed by atoms with Crippen molar-refractivity contribution in [1.29, 1.82) is 0 Å². The third kappa shape index (κ3) is 6.69. The fourth-order valence-corrected chi connectivity index (χ4v) is 2.10. The second kappa shape index (κ2) is 7.52. The maximum absolute atomic E-state index is 13.2. The van der Waals surface area contributed by atoms with Crippen LogP contribution in [-0.2, 0) is 11.3 Å². The zero-order chi connectivity index (χ0) is 16.0. The summed E-state index contributed by atoms with van der Waals surface area (Å²) in [6, 6.07) is 4.80. The summed E-state index contributed by atoms with van der Waals surface area (Å²) in [5, 5.41) is 12.6. The van der Waals surface area contributed by atoms with E-state index in [-0.39, 0.29) is 18.3 Å². The smallest absolute Gasteiger partial charge is 0.234 e. The molecule has 0 atom stereocenters. The molecule has 0 saturated heterocycles. The van der Waals surface area contributed by atoms with Gasteiger partial charge in [0.25, 0.3) is 0 Å². The topological polar surface area (TPSA) is 52.6 Å². The lowest BCUT2D eigenvalue weighted by Crippen LogP contribution is -2.43. The Kier molecular flexibility index (Phi) is 6.30. The van der Waals surface area contributed by atoms with Gasteiger partial charge in [0.05, 0.1) is 12.1 Å². The van der Waals surface area contributed by atoms with E-state index in [4.69, 9.17) is 0 Å². The Labute approximate surface area is 126 Å². The lowest BCUT2D eigenvalue weighted by Gasteiger charge is -2.27. The quantitative estimate of drug-likeness (QED) is 0.807. The molecular weight excluding hydrogens is 271 g/mol. The number of benzene rings is 1. The van der Waals surface area contributed by atoms with E-state index in [1.807, 2.05) is 11.8 Å². The average Bonchev–Trinajstić information content (AvgIpc) is 2.38. The average molecular weight is 296 g/mol. The number of aryl methyl sites for hydroxylation is 1. The first-order chi connectivity index (χ1) is 9.71. The second-order valence-electron chi connectivity index (χ2n) is 5.98. The molecule has 0 radical (unpaired) electrons. The highest BCUT2D eigenvalue weighted by Gasteiger charge is 2.18. The van der Waals surface area contributed by atoms with Crippen molar-refractivity contribution in [2.24, 2.45) is 0 Å². The summed E-state index contributed by atoms with van der Waals surface area (Å²) in [6.45, 7) is 8.81. The summed E-state index contributed by atoms with van der Waals surface area (Å²) in [7, 11) is 0. The number of nitrogens with zero attached hydrogens (tertiary/aromatic N) is 1. The van der Waals surface area contributed by atoms with Crippen LogP contribution in [0.15, 0.2) is 18.2 Å². The number of halogens is 1. The first-order valence-electron chi connectivity index (χ1n) is 7.17. The van der Waals surface area contributed by atoms with Crippen LogP contribution in [-0.4, -0.2) is 41.1 Å². The number of likely N-dealkylation sites (N-methyl/N-ethyl adjacent to an activating group) is 1. The second-order valence-corrected chi connectivity index (χ2v) is 5.98. The molecule has 0 aliphatic rings. The monoisotopic (exact) mass is 296 g/mol. The Bertz CT molecular complexity index is 484. The number of hydrogen-bond donors (Lipinski definition) is 2. The van der Waals surface area contributed by atoms with Crippen molar-refractivity contribution in [2.45, 2.75) is 39.8 Å². The molecule has 21 heavy (non-hydrogen) atoms. The standard InChI is InChI=1S/C16H25FN2O2/c1-5-19(11-16(3,4)21)10-15(20)18-9-13-6-7-14(17)12(2)8-13/h6-8,21H,5,9-11H2,1-4H3,(H,18,20). The normalized spacial score (nSPS) is 11.8. The van der Waals surface area contributed by atoms with Gasteiger partial charge < -0.3 is 10.4 Å². The lowest BCUT2D eigenvalue weighted by molar-refractivity contribution is -0.123. The molecule has 2 N–H and O–H groups in total. The van der Waals surface area contributed by atoms with Gasteiger partial charge >= 0.3 is 0 Å². The predicted molar refractivity (Wildman–Crippen MR) is 81.4 cm³/mol. The Morgan fingerprint density at radius 2 is 2.10 bits per heavy atom. The van der Waals surface area contributed by atoms with Crippen molar-refractivity contribution in [2.75, 3.05) is 19.6 Å². The zero-order valence-electron chi connectivity index (χ0n) is 13.2. The molecule has 0 heterocycles. The number of nitrogens with one attached hydrogen (secondary N) is 1. The third-order valence-corrected chi connectivity index (χ3v) is 3.14. The lowest BCUT2D eigenvalue weighted by atomic mass is 10.1. The number of aliphatic hydroxyl groups is 1. The fraction of sp³-hybridized carbons (Fsp3) is 0.562. The summed E-state index contributed by atoms with van der Waals surface area (Å²) in [5.74, 6) is -0.351. The van der Waals surface area contributed by atoms with Crippen LogP contribution >= 0.6 is 0 Å². The van der Waals surface area contributed by atoms with E-state index in [1.165, 1.54) is 6.07 Å². The highest BCUT2D eigenvalue weighted by atomic mass is 19.1. The molecule has 0 fully saturated rings. The summed E-state index contributed by atoms with van der Waals surface area (Å²) < 4.78 is 13.2. The van der Waals surface area contributed by atoms with Crippen LogP contribution in [0.25, 0.3) is 0 Å². The molecule has 0 bridgehead atoms. The molecule has 0 aliphatic carbocycles. The van der Waals surface area contributed by atoms with Crippen molar-refractivity contribution in [1.82, 2.24) is 10.2 Å². The molecule has 5 heteroatoms. The van der Waals surface area contributed by atoms with Gasteiger partial charge in [-0.15, -0.1) is 0 Å². The third-order valence-electron chi connectivity index (χ3n) is 3.14. The van der Waals surface area contributed by atoms with Crippen LogP contribution in [0.1, 0.15) is 31.9 Å². The SMILES string of the molecule is CCN(CC(=O)NCc1ccc(F)c(C)c1)CC(C)(C)O. The molecule has 1 amide bonds. The summed E-state index contributed by atoms with van der Waals surface area (Å²) in [6.07, 6.45) is 0. The minimum absolute atomic E-state index is 0.108. The first kappa shape index (κ1) is 17.6. The van der Waals surface area contributed by atoms with E-state index < -0.39 is 5.60 Å². The van der Waals surface area contributed by atoms with Gasteiger partial charge in [0.15, 0.2) is 0 Å². The predicted octanol–water partition coefficient (Wildman–Crippen LogP) is 1.84. The molecule has 118 valence electrons. The van der Waals surface area contributed by atoms with Gasteiger partial charge in [0.2, 0.25) is 5.91 Å². The summed E-state index contributed by atoms with van der Waals surface area (Å²) >= 11 is 0. The first-order valence-corrected chi connectivity index (χ1v) is 7.17. The number of hydrogen-bond acceptors (Lipinski definition) is 3. The minimum atomic E-state index is -0.829. The minimum Gasteiger partial charge on any atom is -0.389 e. The molecule has 1 aromatic carbocycles. The van der Waals surface area contributed by atoms with Gasteiger partial charge in [-0.3, -0.25) is 9.69 Å². The maximum Gasteiger partial charge on any atom is 0.234 e. The van der Waals surface area contributed by atoms with Crippen LogP contribution in [0, 0.1) is 12.7 Å². The molecule has 4 nitrogen and oxygen atoms in total. The molecule has 0 spiro atoms. The van der Waals surface area contributed by atoms with E-state index in [1.54, 1.807) is 32.9 Å². The highest BCUT2D eigenvalue weighted by Crippen LogP contribution is 2.09.